The molecule has 0 saturated carbocycles. The van der Waals surface area contributed by atoms with Crippen LogP contribution >= 0.6 is 0 Å². The van der Waals surface area contributed by atoms with Gasteiger partial charge in [0.1, 0.15) is 11.6 Å². The fraction of sp³-hybridized carbons (Fsp3) is 0.263. The summed E-state index contributed by atoms with van der Waals surface area (Å²) in [5.41, 5.74) is 8.85. The van der Waals surface area contributed by atoms with Crippen LogP contribution in [0.5, 0.6) is 0 Å². The lowest BCUT2D eigenvalue weighted by molar-refractivity contribution is 0.152. The molecule has 1 aliphatic rings. The van der Waals surface area contributed by atoms with Crippen molar-refractivity contribution < 1.29 is 8.78 Å². The van der Waals surface area contributed by atoms with E-state index in [9.17, 15) is 8.78 Å². The van der Waals surface area contributed by atoms with Gasteiger partial charge in [0, 0.05) is 36.6 Å². The molecule has 3 aromatic rings. The van der Waals surface area contributed by atoms with E-state index in [0.717, 1.165) is 30.6 Å². The number of pyridine rings is 1. The summed E-state index contributed by atoms with van der Waals surface area (Å²) in [6.45, 7) is 0.721. The van der Waals surface area contributed by atoms with Gasteiger partial charge in [-0.15, -0.1) is 0 Å². The largest absolute Gasteiger partial charge is 0.384 e. The van der Waals surface area contributed by atoms with Crippen molar-refractivity contribution in [2.45, 2.75) is 19.3 Å². The normalized spacial score (nSPS) is 13.9. The highest BCUT2D eigenvalue weighted by molar-refractivity contribution is 5.76. The first-order valence-corrected chi connectivity index (χ1v) is 8.47. The van der Waals surface area contributed by atoms with Crippen LogP contribution in [0.25, 0.3) is 11.1 Å². The summed E-state index contributed by atoms with van der Waals surface area (Å²) < 4.78 is 29.2. The SMILES string of the molecule is Cn1cc(-c2cc3c(cc2C(F)F)N(c2cccc(N)n2)CCC3)cn1. The topological polar surface area (TPSA) is 60.0 Å². The second-order valence-electron chi connectivity index (χ2n) is 6.45. The summed E-state index contributed by atoms with van der Waals surface area (Å²) >= 11 is 0. The van der Waals surface area contributed by atoms with Crippen LogP contribution in [0.2, 0.25) is 0 Å². The quantitative estimate of drug-likeness (QED) is 0.769. The van der Waals surface area contributed by atoms with Gasteiger partial charge in [0.05, 0.1) is 6.20 Å². The Kier molecular flexibility index (Phi) is 4.06. The van der Waals surface area contributed by atoms with Crippen molar-refractivity contribution in [3.63, 3.8) is 0 Å². The molecule has 134 valence electrons. The van der Waals surface area contributed by atoms with Crippen molar-refractivity contribution in [1.29, 1.82) is 0 Å². The standard InChI is InChI=1S/C19H19F2N5/c1-25-11-13(10-23-25)14-8-12-4-3-7-26(16(12)9-15(14)19(20)21)18-6-2-5-17(22)24-18/h2,5-6,8-11,19H,3-4,7H2,1H3,(H2,22,24). The molecule has 0 spiro atoms. The maximum Gasteiger partial charge on any atom is 0.264 e. The molecule has 5 nitrogen and oxygen atoms in total. The molecular weight excluding hydrogens is 336 g/mol. The number of nitrogens with zero attached hydrogens (tertiary/aromatic N) is 4. The van der Waals surface area contributed by atoms with Gasteiger partial charge in [0.2, 0.25) is 0 Å². The lowest BCUT2D eigenvalue weighted by atomic mass is 9.93. The average Bonchev–Trinajstić information content (AvgIpc) is 3.06. The van der Waals surface area contributed by atoms with Gasteiger partial charge in [0.15, 0.2) is 0 Å². The number of nitrogens with two attached hydrogens (primary N) is 1. The minimum Gasteiger partial charge on any atom is -0.384 e. The Morgan fingerprint density at radius 3 is 2.77 bits per heavy atom. The summed E-state index contributed by atoms with van der Waals surface area (Å²) in [5.74, 6) is 1.09. The first kappa shape index (κ1) is 16.5. The molecule has 0 saturated heterocycles. The number of hydrogen-bond donors (Lipinski definition) is 1. The zero-order chi connectivity index (χ0) is 18.3. The van der Waals surface area contributed by atoms with Gasteiger partial charge in [-0.05, 0) is 48.2 Å². The molecule has 26 heavy (non-hydrogen) atoms. The minimum atomic E-state index is -2.58. The molecule has 2 aromatic heterocycles. The third-order valence-electron chi connectivity index (χ3n) is 4.65. The second-order valence-corrected chi connectivity index (χ2v) is 6.45. The van der Waals surface area contributed by atoms with Gasteiger partial charge in [0.25, 0.3) is 6.43 Å². The molecule has 1 aromatic carbocycles. The number of fused-ring (bicyclic) bond motifs is 1. The van der Waals surface area contributed by atoms with Crippen LogP contribution in [0.1, 0.15) is 24.0 Å². The van der Waals surface area contributed by atoms with E-state index >= 15 is 0 Å². The van der Waals surface area contributed by atoms with E-state index in [2.05, 4.69) is 10.1 Å². The molecule has 4 rings (SSSR count). The third kappa shape index (κ3) is 2.89. The highest BCUT2D eigenvalue weighted by Gasteiger charge is 2.25. The molecule has 0 fully saturated rings. The smallest absolute Gasteiger partial charge is 0.264 e. The molecule has 0 aliphatic carbocycles. The van der Waals surface area contributed by atoms with Gasteiger partial charge >= 0.3 is 0 Å². The summed E-state index contributed by atoms with van der Waals surface area (Å²) in [5, 5.41) is 4.12. The fourth-order valence-electron chi connectivity index (χ4n) is 3.47. The van der Waals surface area contributed by atoms with Gasteiger partial charge in [-0.1, -0.05) is 6.07 Å². The number of benzene rings is 1. The van der Waals surface area contributed by atoms with Crippen LogP contribution in [0, 0.1) is 0 Å². The Balaban J connectivity index is 1.86. The molecule has 7 heteroatoms. The van der Waals surface area contributed by atoms with Crippen LogP contribution in [-0.2, 0) is 13.5 Å². The molecular formula is C19H19F2N5. The zero-order valence-corrected chi connectivity index (χ0v) is 14.4. The van der Waals surface area contributed by atoms with Crippen LogP contribution in [0.3, 0.4) is 0 Å². The fourth-order valence-corrected chi connectivity index (χ4v) is 3.47. The third-order valence-corrected chi connectivity index (χ3v) is 4.65. The van der Waals surface area contributed by atoms with Gasteiger partial charge in [-0.25, -0.2) is 13.8 Å². The maximum absolute atomic E-state index is 13.8. The zero-order valence-electron chi connectivity index (χ0n) is 14.4. The number of halogens is 2. The Morgan fingerprint density at radius 1 is 1.23 bits per heavy atom. The number of alkyl halides is 2. The first-order chi connectivity index (χ1) is 12.5. The van der Waals surface area contributed by atoms with Crippen LogP contribution < -0.4 is 10.6 Å². The highest BCUT2D eigenvalue weighted by Crippen LogP contribution is 2.40. The van der Waals surface area contributed by atoms with E-state index in [1.54, 1.807) is 36.3 Å². The lowest BCUT2D eigenvalue weighted by Gasteiger charge is -2.31. The number of aromatic nitrogens is 3. The van der Waals surface area contributed by atoms with E-state index in [-0.39, 0.29) is 5.56 Å². The molecule has 0 unspecified atom stereocenters. The summed E-state index contributed by atoms with van der Waals surface area (Å²) in [6.07, 6.45) is 2.56. The van der Waals surface area contributed by atoms with Crippen molar-refractivity contribution in [3.8, 4) is 11.1 Å². The van der Waals surface area contributed by atoms with Crippen molar-refractivity contribution in [1.82, 2.24) is 14.8 Å². The number of rotatable bonds is 3. The minimum absolute atomic E-state index is 0.00699. The predicted octanol–water partition coefficient (Wildman–Crippen LogP) is 4.09. The van der Waals surface area contributed by atoms with E-state index < -0.39 is 6.43 Å². The van der Waals surface area contributed by atoms with E-state index in [4.69, 9.17) is 5.73 Å². The summed E-state index contributed by atoms with van der Waals surface area (Å²) in [6, 6.07) is 8.84. The molecule has 0 radical (unpaired) electrons. The Bertz CT molecular complexity index is 951. The lowest BCUT2D eigenvalue weighted by Crippen LogP contribution is -2.26. The second kappa shape index (κ2) is 6.40. The van der Waals surface area contributed by atoms with Crippen molar-refractivity contribution >= 4 is 17.3 Å². The Morgan fingerprint density at radius 2 is 2.08 bits per heavy atom. The molecule has 0 amide bonds. The summed E-state index contributed by atoms with van der Waals surface area (Å²) in [7, 11) is 1.77. The van der Waals surface area contributed by atoms with E-state index in [1.165, 1.54) is 0 Å². The molecule has 0 bridgehead atoms. The number of aryl methyl sites for hydroxylation is 2. The molecule has 0 atom stereocenters. The van der Waals surface area contributed by atoms with E-state index in [0.29, 0.717) is 22.8 Å². The monoisotopic (exact) mass is 355 g/mol. The van der Waals surface area contributed by atoms with Crippen molar-refractivity contribution in [2.24, 2.45) is 7.05 Å². The van der Waals surface area contributed by atoms with Crippen molar-refractivity contribution in [2.75, 3.05) is 17.2 Å². The van der Waals surface area contributed by atoms with Gasteiger partial charge in [-0.2, -0.15) is 5.10 Å². The number of anilines is 3. The van der Waals surface area contributed by atoms with Crippen LogP contribution in [0.15, 0.2) is 42.7 Å². The van der Waals surface area contributed by atoms with Crippen molar-refractivity contribution in [3.05, 3.63) is 53.9 Å². The molecule has 3 heterocycles. The number of nitrogen functional groups attached to an aromatic ring is 1. The average molecular weight is 355 g/mol. The Hall–Kier alpha value is -2.96. The molecule has 2 N–H and O–H groups in total. The first-order valence-electron chi connectivity index (χ1n) is 8.47. The number of hydrogen-bond acceptors (Lipinski definition) is 4. The predicted molar refractivity (Wildman–Crippen MR) is 97.6 cm³/mol. The van der Waals surface area contributed by atoms with Crippen LogP contribution in [0.4, 0.5) is 26.1 Å². The van der Waals surface area contributed by atoms with Gasteiger partial charge in [-0.3, -0.25) is 4.68 Å². The van der Waals surface area contributed by atoms with E-state index in [1.807, 2.05) is 23.1 Å². The maximum atomic E-state index is 13.8. The summed E-state index contributed by atoms with van der Waals surface area (Å²) in [4.78, 5) is 6.32. The Labute approximate surface area is 150 Å². The van der Waals surface area contributed by atoms with Gasteiger partial charge < -0.3 is 10.6 Å². The van der Waals surface area contributed by atoms with Crippen LogP contribution in [-0.4, -0.2) is 21.3 Å². The molecule has 1 aliphatic heterocycles. The highest BCUT2D eigenvalue weighted by atomic mass is 19.3.